The van der Waals surface area contributed by atoms with E-state index in [1.807, 2.05) is 12.1 Å². The van der Waals surface area contributed by atoms with Crippen molar-refractivity contribution >= 4 is 0 Å². The van der Waals surface area contributed by atoms with Gasteiger partial charge in [0, 0.05) is 0 Å². The minimum atomic E-state index is -0.199. The lowest BCUT2D eigenvalue weighted by atomic mass is 9.81. The maximum Gasteiger partial charge on any atom is 0.139 e. The molecular weight excluding hydrogens is 271 g/mol. The zero-order valence-electron chi connectivity index (χ0n) is 13.9. The molecule has 0 spiro atoms. The summed E-state index contributed by atoms with van der Waals surface area (Å²) < 4.78 is 13.9. The molecule has 1 aliphatic carbocycles. The SMILES string of the molecule is CCCc1ccc(C#C/C=C/C2CCC(CC)CC2)c(F)c1. The molecule has 1 saturated carbocycles. The Balaban J connectivity index is 1.89. The van der Waals surface area contributed by atoms with Crippen molar-refractivity contribution in [2.24, 2.45) is 11.8 Å². The summed E-state index contributed by atoms with van der Waals surface area (Å²) in [6.45, 7) is 4.39. The minimum absolute atomic E-state index is 0.199. The first-order valence-corrected chi connectivity index (χ1v) is 8.69. The topological polar surface area (TPSA) is 0 Å². The van der Waals surface area contributed by atoms with Crippen LogP contribution in [0.3, 0.4) is 0 Å². The van der Waals surface area contributed by atoms with Crippen LogP contribution in [0.4, 0.5) is 4.39 Å². The van der Waals surface area contributed by atoms with Gasteiger partial charge >= 0.3 is 0 Å². The summed E-state index contributed by atoms with van der Waals surface area (Å²) in [7, 11) is 0. The highest BCUT2D eigenvalue weighted by Crippen LogP contribution is 2.31. The number of aryl methyl sites for hydroxylation is 1. The van der Waals surface area contributed by atoms with Gasteiger partial charge in [0.05, 0.1) is 5.56 Å². The van der Waals surface area contributed by atoms with Crippen molar-refractivity contribution in [3.05, 3.63) is 47.3 Å². The fourth-order valence-electron chi connectivity index (χ4n) is 3.20. The highest BCUT2D eigenvalue weighted by Gasteiger charge is 2.17. The van der Waals surface area contributed by atoms with Gasteiger partial charge in [0.2, 0.25) is 0 Å². The molecule has 0 N–H and O–H groups in total. The molecule has 0 aliphatic heterocycles. The molecule has 0 saturated heterocycles. The van der Waals surface area contributed by atoms with E-state index in [1.54, 1.807) is 12.1 Å². The molecule has 0 aromatic heterocycles. The van der Waals surface area contributed by atoms with Crippen LogP contribution in [-0.4, -0.2) is 0 Å². The van der Waals surface area contributed by atoms with Crippen molar-refractivity contribution in [3.63, 3.8) is 0 Å². The maximum absolute atomic E-state index is 13.9. The lowest BCUT2D eigenvalue weighted by molar-refractivity contribution is 0.304. The summed E-state index contributed by atoms with van der Waals surface area (Å²) in [6, 6.07) is 5.39. The summed E-state index contributed by atoms with van der Waals surface area (Å²) in [5.74, 6) is 7.31. The van der Waals surface area contributed by atoms with Gasteiger partial charge < -0.3 is 0 Å². The van der Waals surface area contributed by atoms with Crippen LogP contribution in [0.15, 0.2) is 30.4 Å². The largest absolute Gasteiger partial charge is 0.206 e. The van der Waals surface area contributed by atoms with Crippen molar-refractivity contribution in [2.45, 2.75) is 58.8 Å². The average Bonchev–Trinajstić information content (AvgIpc) is 2.54. The predicted octanol–water partition coefficient (Wildman–Crippen LogP) is 5.90. The monoisotopic (exact) mass is 298 g/mol. The van der Waals surface area contributed by atoms with Crippen LogP contribution in [0.25, 0.3) is 0 Å². The Bertz CT molecular complexity index is 551. The molecular formula is C21H27F. The average molecular weight is 298 g/mol. The van der Waals surface area contributed by atoms with E-state index in [1.165, 1.54) is 32.1 Å². The predicted molar refractivity (Wildman–Crippen MR) is 92.2 cm³/mol. The van der Waals surface area contributed by atoms with Gasteiger partial charge in [-0.05, 0) is 67.7 Å². The molecule has 1 fully saturated rings. The van der Waals surface area contributed by atoms with Gasteiger partial charge in [-0.15, -0.1) is 0 Å². The first-order chi connectivity index (χ1) is 10.7. The van der Waals surface area contributed by atoms with Crippen LogP contribution in [0.1, 0.15) is 63.5 Å². The Labute approximate surface area is 134 Å². The van der Waals surface area contributed by atoms with Crippen molar-refractivity contribution in [1.29, 1.82) is 0 Å². The molecule has 0 bridgehead atoms. The summed E-state index contributed by atoms with van der Waals surface area (Å²) in [6.07, 6.45) is 12.6. The van der Waals surface area contributed by atoms with Gasteiger partial charge in [-0.1, -0.05) is 50.7 Å². The third-order valence-corrected chi connectivity index (χ3v) is 4.70. The van der Waals surface area contributed by atoms with Gasteiger partial charge in [0.1, 0.15) is 5.82 Å². The number of halogens is 1. The number of hydrogen-bond acceptors (Lipinski definition) is 0. The molecule has 1 aromatic carbocycles. The van der Waals surface area contributed by atoms with Crippen molar-refractivity contribution in [1.82, 2.24) is 0 Å². The van der Waals surface area contributed by atoms with Crippen LogP contribution in [0, 0.1) is 29.5 Å². The molecule has 1 heteroatoms. The van der Waals surface area contributed by atoms with E-state index < -0.39 is 0 Å². The first kappa shape index (κ1) is 16.8. The normalized spacial score (nSPS) is 21.6. The Morgan fingerprint density at radius 3 is 2.59 bits per heavy atom. The Kier molecular flexibility index (Phi) is 6.72. The van der Waals surface area contributed by atoms with Crippen molar-refractivity contribution < 1.29 is 4.39 Å². The van der Waals surface area contributed by atoms with Crippen LogP contribution >= 0.6 is 0 Å². The van der Waals surface area contributed by atoms with Gasteiger partial charge in [0.15, 0.2) is 0 Å². The third kappa shape index (κ3) is 5.02. The Hall–Kier alpha value is -1.55. The quantitative estimate of drug-likeness (QED) is 0.607. The Morgan fingerprint density at radius 2 is 1.95 bits per heavy atom. The standard InChI is InChI=1S/C21H27F/c1-3-7-19-14-15-20(21(22)16-19)9-6-5-8-18-12-10-17(4-2)11-13-18/h5,8,14-18H,3-4,7,10-13H2,1-2H3/b8-5+. The highest BCUT2D eigenvalue weighted by molar-refractivity contribution is 5.39. The number of allylic oxidation sites excluding steroid dienone is 2. The second-order valence-corrected chi connectivity index (χ2v) is 6.38. The number of rotatable bonds is 4. The fraction of sp³-hybridized carbons (Fsp3) is 0.524. The molecule has 0 unspecified atom stereocenters. The molecule has 0 nitrogen and oxygen atoms in total. The molecule has 1 aromatic rings. The minimum Gasteiger partial charge on any atom is -0.206 e. The summed E-state index contributed by atoms with van der Waals surface area (Å²) >= 11 is 0. The van der Waals surface area contributed by atoms with E-state index in [0.29, 0.717) is 11.5 Å². The van der Waals surface area contributed by atoms with Crippen molar-refractivity contribution in [2.75, 3.05) is 0 Å². The van der Waals surface area contributed by atoms with Crippen LogP contribution in [0.5, 0.6) is 0 Å². The van der Waals surface area contributed by atoms with E-state index in [2.05, 4.69) is 31.8 Å². The lowest BCUT2D eigenvalue weighted by Gasteiger charge is -2.25. The number of benzene rings is 1. The van der Waals surface area contributed by atoms with E-state index in [0.717, 1.165) is 24.3 Å². The molecule has 118 valence electrons. The summed E-state index contributed by atoms with van der Waals surface area (Å²) in [4.78, 5) is 0. The first-order valence-electron chi connectivity index (χ1n) is 8.69. The molecule has 2 rings (SSSR count). The fourth-order valence-corrected chi connectivity index (χ4v) is 3.20. The van der Waals surface area contributed by atoms with E-state index in [9.17, 15) is 4.39 Å². The van der Waals surface area contributed by atoms with Crippen LogP contribution in [-0.2, 0) is 6.42 Å². The zero-order valence-corrected chi connectivity index (χ0v) is 13.9. The van der Waals surface area contributed by atoms with Gasteiger partial charge in [0.25, 0.3) is 0 Å². The molecule has 0 heterocycles. The smallest absolute Gasteiger partial charge is 0.139 e. The van der Waals surface area contributed by atoms with E-state index in [-0.39, 0.29) is 5.82 Å². The summed E-state index contributed by atoms with van der Waals surface area (Å²) in [5, 5.41) is 0. The van der Waals surface area contributed by atoms with Crippen molar-refractivity contribution in [3.8, 4) is 11.8 Å². The highest BCUT2D eigenvalue weighted by atomic mass is 19.1. The van der Waals surface area contributed by atoms with E-state index in [4.69, 9.17) is 0 Å². The molecule has 1 aliphatic rings. The lowest BCUT2D eigenvalue weighted by Crippen LogP contribution is -2.11. The maximum atomic E-state index is 13.9. The van der Waals surface area contributed by atoms with E-state index >= 15 is 0 Å². The molecule has 0 atom stereocenters. The number of hydrogen-bond donors (Lipinski definition) is 0. The second kappa shape index (κ2) is 8.79. The Morgan fingerprint density at radius 1 is 1.18 bits per heavy atom. The molecule has 0 radical (unpaired) electrons. The van der Waals surface area contributed by atoms with Crippen LogP contribution < -0.4 is 0 Å². The zero-order chi connectivity index (χ0) is 15.8. The molecule has 0 amide bonds. The second-order valence-electron chi connectivity index (χ2n) is 6.38. The van der Waals surface area contributed by atoms with Gasteiger partial charge in [-0.25, -0.2) is 4.39 Å². The van der Waals surface area contributed by atoms with Crippen LogP contribution in [0.2, 0.25) is 0 Å². The van der Waals surface area contributed by atoms with Gasteiger partial charge in [-0.3, -0.25) is 0 Å². The molecule has 22 heavy (non-hydrogen) atoms. The summed E-state index contributed by atoms with van der Waals surface area (Å²) in [5.41, 5.74) is 1.55. The van der Waals surface area contributed by atoms with Gasteiger partial charge in [-0.2, -0.15) is 0 Å². The third-order valence-electron chi connectivity index (χ3n) is 4.70.